The average molecular weight is 374 g/mol. The monoisotopic (exact) mass is 374 g/mol. The van der Waals surface area contributed by atoms with E-state index in [9.17, 15) is 9.18 Å². The minimum absolute atomic E-state index is 0.0551. The molecule has 0 unspecified atom stereocenters. The van der Waals surface area contributed by atoms with E-state index in [4.69, 9.17) is 0 Å². The van der Waals surface area contributed by atoms with Crippen molar-refractivity contribution in [1.29, 1.82) is 0 Å². The van der Waals surface area contributed by atoms with Gasteiger partial charge in [0.05, 0.1) is 6.20 Å². The third-order valence-corrected chi connectivity index (χ3v) is 5.51. The number of aromatic nitrogens is 2. The second-order valence-electron chi connectivity index (χ2n) is 6.26. The molecule has 2 aromatic rings. The molecule has 0 saturated carbocycles. The third-order valence-electron chi connectivity index (χ3n) is 4.50. The van der Waals surface area contributed by atoms with Crippen LogP contribution in [0.15, 0.2) is 42.9 Å². The lowest BCUT2D eigenvalue weighted by Crippen LogP contribution is -2.41. The molecule has 0 spiro atoms. The Morgan fingerprint density at radius 3 is 2.81 bits per heavy atom. The second kappa shape index (κ2) is 9.52. The first-order chi connectivity index (χ1) is 12.7. The second-order valence-corrected chi connectivity index (χ2v) is 7.37. The van der Waals surface area contributed by atoms with E-state index in [0.717, 1.165) is 37.5 Å². The number of rotatable bonds is 7. The Morgan fingerprint density at radius 1 is 1.27 bits per heavy atom. The molecule has 1 N–H and O–H groups in total. The van der Waals surface area contributed by atoms with Crippen molar-refractivity contribution in [1.82, 2.24) is 15.3 Å². The van der Waals surface area contributed by atoms with E-state index in [1.165, 1.54) is 6.07 Å². The highest BCUT2D eigenvalue weighted by molar-refractivity contribution is 7.98. The molecule has 1 aliphatic rings. The van der Waals surface area contributed by atoms with Crippen LogP contribution in [0.5, 0.6) is 0 Å². The number of nitrogens with zero attached hydrogens (tertiary/aromatic N) is 3. The SMILES string of the molecule is O=C(NCCSCc1ccccc1F)C1CCN(c2cnccn2)CC1. The predicted octanol–water partition coefficient (Wildman–Crippen LogP) is 2.88. The first-order valence-electron chi connectivity index (χ1n) is 8.84. The van der Waals surface area contributed by atoms with Crippen LogP contribution in [0.25, 0.3) is 0 Å². The molecule has 0 atom stereocenters. The summed E-state index contributed by atoms with van der Waals surface area (Å²) in [7, 11) is 0. The molecule has 0 radical (unpaired) electrons. The number of benzene rings is 1. The van der Waals surface area contributed by atoms with Crippen LogP contribution in [0.3, 0.4) is 0 Å². The van der Waals surface area contributed by atoms with Crippen LogP contribution in [0.2, 0.25) is 0 Å². The first kappa shape index (κ1) is 18.6. The summed E-state index contributed by atoms with van der Waals surface area (Å²) >= 11 is 1.63. The minimum atomic E-state index is -0.168. The quantitative estimate of drug-likeness (QED) is 0.755. The molecule has 1 aliphatic heterocycles. The molecule has 1 fully saturated rings. The number of anilines is 1. The molecule has 1 aromatic heterocycles. The lowest BCUT2D eigenvalue weighted by atomic mass is 9.96. The molecular weight excluding hydrogens is 351 g/mol. The summed E-state index contributed by atoms with van der Waals surface area (Å²) in [5, 5.41) is 3.01. The lowest BCUT2D eigenvalue weighted by molar-refractivity contribution is -0.125. The van der Waals surface area contributed by atoms with E-state index in [1.54, 1.807) is 42.5 Å². The Balaban J connectivity index is 1.33. The minimum Gasteiger partial charge on any atom is -0.355 e. The zero-order chi connectivity index (χ0) is 18.2. The summed E-state index contributed by atoms with van der Waals surface area (Å²) < 4.78 is 13.5. The molecule has 2 heterocycles. The molecule has 1 amide bonds. The van der Waals surface area contributed by atoms with E-state index in [1.807, 2.05) is 6.07 Å². The van der Waals surface area contributed by atoms with Gasteiger partial charge in [-0.15, -0.1) is 0 Å². The van der Waals surface area contributed by atoms with Crippen molar-refractivity contribution in [3.8, 4) is 0 Å². The van der Waals surface area contributed by atoms with E-state index in [-0.39, 0.29) is 17.6 Å². The average Bonchev–Trinajstić information content (AvgIpc) is 2.70. The van der Waals surface area contributed by atoms with Gasteiger partial charge in [0.1, 0.15) is 11.6 Å². The highest BCUT2D eigenvalue weighted by Gasteiger charge is 2.25. The molecule has 0 aliphatic carbocycles. The number of nitrogens with one attached hydrogen (secondary N) is 1. The van der Waals surface area contributed by atoms with Crippen molar-refractivity contribution >= 4 is 23.5 Å². The molecule has 1 saturated heterocycles. The Morgan fingerprint density at radius 2 is 2.08 bits per heavy atom. The number of hydrogen-bond acceptors (Lipinski definition) is 5. The van der Waals surface area contributed by atoms with Crippen molar-refractivity contribution < 1.29 is 9.18 Å². The third kappa shape index (κ3) is 5.17. The number of halogens is 1. The summed E-state index contributed by atoms with van der Waals surface area (Å²) in [5.74, 6) is 2.28. The summed E-state index contributed by atoms with van der Waals surface area (Å²) in [6, 6.07) is 6.81. The van der Waals surface area contributed by atoms with E-state index < -0.39 is 0 Å². The van der Waals surface area contributed by atoms with Gasteiger partial charge in [0.25, 0.3) is 0 Å². The van der Waals surface area contributed by atoms with Gasteiger partial charge < -0.3 is 10.2 Å². The van der Waals surface area contributed by atoms with E-state index in [2.05, 4.69) is 20.2 Å². The molecule has 5 nitrogen and oxygen atoms in total. The number of carbonyl (C=O) groups excluding carboxylic acids is 1. The smallest absolute Gasteiger partial charge is 0.223 e. The van der Waals surface area contributed by atoms with Gasteiger partial charge in [-0.1, -0.05) is 18.2 Å². The fraction of sp³-hybridized carbons (Fsp3) is 0.421. The Labute approximate surface area is 157 Å². The van der Waals surface area contributed by atoms with Gasteiger partial charge in [-0.25, -0.2) is 9.37 Å². The van der Waals surface area contributed by atoms with Gasteiger partial charge in [0.2, 0.25) is 5.91 Å². The maximum absolute atomic E-state index is 13.5. The standard InChI is InChI=1S/C19H23FN4OS/c20-17-4-2-1-3-16(17)14-26-12-9-23-19(25)15-5-10-24(11-6-15)18-13-21-7-8-22-18/h1-4,7-8,13,15H,5-6,9-12,14H2,(H,23,25). The van der Waals surface area contributed by atoms with Crippen LogP contribution in [-0.4, -0.2) is 41.3 Å². The van der Waals surface area contributed by atoms with Gasteiger partial charge in [0, 0.05) is 49.5 Å². The molecule has 138 valence electrons. The molecule has 0 bridgehead atoms. The highest BCUT2D eigenvalue weighted by atomic mass is 32.2. The Kier molecular flexibility index (Phi) is 6.82. The topological polar surface area (TPSA) is 58.1 Å². The summed E-state index contributed by atoms with van der Waals surface area (Å²) in [5.41, 5.74) is 0.709. The number of piperidine rings is 1. The number of hydrogen-bond donors (Lipinski definition) is 1. The van der Waals surface area contributed by atoms with Crippen molar-refractivity contribution in [2.24, 2.45) is 5.92 Å². The maximum atomic E-state index is 13.5. The van der Waals surface area contributed by atoms with Crippen LogP contribution in [0, 0.1) is 11.7 Å². The number of amides is 1. The maximum Gasteiger partial charge on any atom is 0.223 e. The van der Waals surface area contributed by atoms with Crippen molar-refractivity contribution in [2.75, 3.05) is 30.3 Å². The molecule has 26 heavy (non-hydrogen) atoms. The molecule has 3 rings (SSSR count). The largest absolute Gasteiger partial charge is 0.355 e. The number of thioether (sulfide) groups is 1. The van der Waals surface area contributed by atoms with E-state index in [0.29, 0.717) is 17.9 Å². The van der Waals surface area contributed by atoms with Crippen LogP contribution < -0.4 is 10.2 Å². The summed E-state index contributed by atoms with van der Waals surface area (Å²) in [6.45, 7) is 2.25. The van der Waals surface area contributed by atoms with Crippen LogP contribution in [-0.2, 0) is 10.5 Å². The zero-order valence-electron chi connectivity index (χ0n) is 14.6. The predicted molar refractivity (Wildman–Crippen MR) is 103 cm³/mol. The summed E-state index contributed by atoms with van der Waals surface area (Å²) in [4.78, 5) is 22.9. The van der Waals surface area contributed by atoms with E-state index >= 15 is 0 Å². The lowest BCUT2D eigenvalue weighted by Gasteiger charge is -2.31. The normalized spacial score (nSPS) is 15.0. The Hall–Kier alpha value is -2.15. The van der Waals surface area contributed by atoms with Crippen molar-refractivity contribution in [2.45, 2.75) is 18.6 Å². The fourth-order valence-corrected chi connectivity index (χ4v) is 3.86. The molecule has 7 heteroatoms. The molecule has 1 aromatic carbocycles. The van der Waals surface area contributed by atoms with Gasteiger partial charge in [-0.05, 0) is 24.5 Å². The van der Waals surface area contributed by atoms with Crippen molar-refractivity contribution in [3.63, 3.8) is 0 Å². The Bertz CT molecular complexity index is 708. The molecular formula is C19H23FN4OS. The van der Waals surface area contributed by atoms with Crippen LogP contribution in [0.4, 0.5) is 10.2 Å². The zero-order valence-corrected chi connectivity index (χ0v) is 15.4. The van der Waals surface area contributed by atoms with Gasteiger partial charge in [-0.2, -0.15) is 11.8 Å². The first-order valence-corrected chi connectivity index (χ1v) is 9.99. The van der Waals surface area contributed by atoms with Crippen LogP contribution >= 0.6 is 11.8 Å². The number of carbonyl (C=O) groups is 1. The fourth-order valence-electron chi connectivity index (χ4n) is 3.01. The highest BCUT2D eigenvalue weighted by Crippen LogP contribution is 2.21. The van der Waals surface area contributed by atoms with Crippen molar-refractivity contribution in [3.05, 3.63) is 54.2 Å². The van der Waals surface area contributed by atoms with Gasteiger partial charge in [-0.3, -0.25) is 9.78 Å². The van der Waals surface area contributed by atoms with Crippen LogP contribution in [0.1, 0.15) is 18.4 Å². The van der Waals surface area contributed by atoms with Gasteiger partial charge >= 0.3 is 0 Å². The van der Waals surface area contributed by atoms with Gasteiger partial charge in [0.15, 0.2) is 0 Å². The summed E-state index contributed by atoms with van der Waals surface area (Å²) in [6.07, 6.45) is 6.75.